The van der Waals surface area contributed by atoms with E-state index in [4.69, 9.17) is 9.47 Å². The van der Waals surface area contributed by atoms with Crippen LogP contribution in [0.4, 0.5) is 0 Å². The van der Waals surface area contributed by atoms with Gasteiger partial charge in [-0.15, -0.1) is 0 Å². The van der Waals surface area contributed by atoms with Gasteiger partial charge in [0.1, 0.15) is 6.04 Å². The minimum Gasteiger partial charge on any atom is -0.545 e. The zero-order valence-electron chi connectivity index (χ0n) is 16.9. The molecular weight excluding hydrogens is 372 g/mol. The zero-order chi connectivity index (χ0) is 21.0. The number of carbonyl (C=O) groups excluding carboxylic acids is 2. The van der Waals surface area contributed by atoms with E-state index in [1.54, 1.807) is 26.4 Å². The summed E-state index contributed by atoms with van der Waals surface area (Å²) in [7, 11) is 3.25. The van der Waals surface area contributed by atoms with Crippen molar-refractivity contribution in [3.05, 3.63) is 59.2 Å². The summed E-state index contributed by atoms with van der Waals surface area (Å²) in [6, 6.07) is 12.1. The smallest absolute Gasteiger partial charge is 0.254 e. The van der Waals surface area contributed by atoms with Crippen LogP contribution in [0.15, 0.2) is 42.5 Å². The predicted octanol–water partition coefficient (Wildman–Crippen LogP) is 0.169. The SMILES string of the molecule is COc1ccc([C@@H](C)[NH+]2CCN(C(=O)c3ccc(C(=O)[O-])cc3)CC2)cc1OC. The number of nitrogens with zero attached hydrogens (tertiary/aromatic N) is 1. The van der Waals surface area contributed by atoms with E-state index in [9.17, 15) is 14.7 Å². The first-order valence-corrected chi connectivity index (χ1v) is 9.61. The second kappa shape index (κ2) is 8.96. The summed E-state index contributed by atoms with van der Waals surface area (Å²) in [5, 5.41) is 10.9. The summed E-state index contributed by atoms with van der Waals surface area (Å²) in [5.41, 5.74) is 1.72. The Kier molecular flexibility index (Phi) is 6.39. The number of methoxy groups -OCH3 is 2. The molecule has 154 valence electrons. The van der Waals surface area contributed by atoms with Crippen molar-refractivity contribution in [2.24, 2.45) is 0 Å². The minimum absolute atomic E-state index is 0.0690. The molecule has 0 spiro atoms. The van der Waals surface area contributed by atoms with Crippen LogP contribution in [0.25, 0.3) is 0 Å². The summed E-state index contributed by atoms with van der Waals surface area (Å²) in [5.74, 6) is 0.0988. The maximum absolute atomic E-state index is 12.7. The molecule has 0 unspecified atom stereocenters. The van der Waals surface area contributed by atoms with E-state index < -0.39 is 5.97 Å². The van der Waals surface area contributed by atoms with Crippen LogP contribution in [0.3, 0.4) is 0 Å². The molecule has 1 N–H and O–H groups in total. The molecule has 1 saturated heterocycles. The lowest BCUT2D eigenvalue weighted by Gasteiger charge is -2.35. The van der Waals surface area contributed by atoms with Gasteiger partial charge >= 0.3 is 0 Å². The van der Waals surface area contributed by atoms with Crippen molar-refractivity contribution >= 4 is 11.9 Å². The van der Waals surface area contributed by atoms with Gasteiger partial charge in [0.15, 0.2) is 11.5 Å². The number of carboxylic acids is 1. The number of hydrogen-bond donors (Lipinski definition) is 1. The lowest BCUT2D eigenvalue weighted by Crippen LogP contribution is -3.14. The third-order valence-corrected chi connectivity index (χ3v) is 5.58. The highest BCUT2D eigenvalue weighted by Crippen LogP contribution is 2.29. The van der Waals surface area contributed by atoms with Gasteiger partial charge in [-0.1, -0.05) is 12.1 Å². The molecule has 0 saturated carbocycles. The molecule has 1 heterocycles. The van der Waals surface area contributed by atoms with E-state index >= 15 is 0 Å². The van der Waals surface area contributed by atoms with Crippen molar-refractivity contribution in [2.75, 3.05) is 40.4 Å². The molecule has 29 heavy (non-hydrogen) atoms. The first-order valence-electron chi connectivity index (χ1n) is 9.61. The maximum atomic E-state index is 12.7. The zero-order valence-corrected chi connectivity index (χ0v) is 16.9. The molecule has 0 aromatic heterocycles. The number of carbonyl (C=O) groups is 2. The first-order chi connectivity index (χ1) is 13.9. The largest absolute Gasteiger partial charge is 0.545 e. The van der Waals surface area contributed by atoms with Crippen molar-refractivity contribution in [2.45, 2.75) is 13.0 Å². The number of nitrogens with one attached hydrogen (secondary N) is 1. The normalized spacial score (nSPS) is 15.6. The van der Waals surface area contributed by atoms with E-state index in [2.05, 4.69) is 13.0 Å². The highest BCUT2D eigenvalue weighted by molar-refractivity contribution is 5.95. The topological polar surface area (TPSA) is 83.3 Å². The van der Waals surface area contributed by atoms with Gasteiger partial charge in [0.2, 0.25) is 0 Å². The van der Waals surface area contributed by atoms with Crippen molar-refractivity contribution < 1.29 is 29.1 Å². The molecule has 0 aliphatic carbocycles. The predicted molar refractivity (Wildman–Crippen MR) is 105 cm³/mol. The fraction of sp³-hybridized carbons (Fsp3) is 0.364. The molecule has 1 atom stereocenters. The number of benzene rings is 2. The molecule has 7 heteroatoms. The first kappa shape index (κ1) is 20.7. The average Bonchev–Trinajstić information content (AvgIpc) is 2.77. The lowest BCUT2D eigenvalue weighted by molar-refractivity contribution is -0.933. The average molecular weight is 398 g/mol. The molecule has 2 aromatic carbocycles. The summed E-state index contributed by atoms with van der Waals surface area (Å²) in [4.78, 5) is 26.8. The molecule has 1 fully saturated rings. The number of quaternary nitrogens is 1. The highest BCUT2D eigenvalue weighted by atomic mass is 16.5. The summed E-state index contributed by atoms with van der Waals surface area (Å²) >= 11 is 0. The number of piperazine rings is 1. The van der Waals surface area contributed by atoms with E-state index in [-0.39, 0.29) is 17.5 Å². The molecule has 0 bridgehead atoms. The van der Waals surface area contributed by atoms with Gasteiger partial charge in [-0.3, -0.25) is 4.79 Å². The Labute approximate surface area is 170 Å². The minimum atomic E-state index is -1.25. The molecular formula is C22H26N2O5. The van der Waals surface area contributed by atoms with Crippen molar-refractivity contribution in [3.63, 3.8) is 0 Å². The van der Waals surface area contributed by atoms with Crippen LogP contribution in [0.5, 0.6) is 11.5 Å². The van der Waals surface area contributed by atoms with Crippen LogP contribution in [-0.4, -0.2) is 57.2 Å². The molecule has 1 aliphatic heterocycles. The molecule has 1 amide bonds. The van der Waals surface area contributed by atoms with Crippen molar-refractivity contribution in [1.29, 1.82) is 0 Å². The molecule has 0 radical (unpaired) electrons. The molecule has 1 aliphatic rings. The third-order valence-electron chi connectivity index (χ3n) is 5.58. The van der Waals surface area contributed by atoms with Crippen LogP contribution >= 0.6 is 0 Å². The fourth-order valence-corrected chi connectivity index (χ4v) is 3.72. The van der Waals surface area contributed by atoms with Gasteiger partial charge in [0, 0.05) is 11.1 Å². The Morgan fingerprint density at radius 3 is 2.10 bits per heavy atom. The van der Waals surface area contributed by atoms with E-state index in [1.807, 2.05) is 17.0 Å². The number of aromatic carboxylic acids is 1. The van der Waals surface area contributed by atoms with Gasteiger partial charge in [0.05, 0.1) is 46.4 Å². The Hall–Kier alpha value is -3.06. The highest BCUT2D eigenvalue weighted by Gasteiger charge is 2.28. The third kappa shape index (κ3) is 4.51. The summed E-state index contributed by atoms with van der Waals surface area (Å²) in [6.07, 6.45) is 0. The Bertz CT molecular complexity index is 873. The summed E-state index contributed by atoms with van der Waals surface area (Å²) in [6.45, 7) is 5.13. The fourth-order valence-electron chi connectivity index (χ4n) is 3.72. The van der Waals surface area contributed by atoms with Crippen LogP contribution in [-0.2, 0) is 0 Å². The van der Waals surface area contributed by atoms with Crippen LogP contribution in [0.1, 0.15) is 39.2 Å². The molecule has 7 nitrogen and oxygen atoms in total. The molecule has 3 rings (SSSR count). The Morgan fingerprint density at radius 1 is 0.966 bits per heavy atom. The van der Waals surface area contributed by atoms with Gasteiger partial charge in [-0.2, -0.15) is 0 Å². The monoisotopic (exact) mass is 398 g/mol. The molecule has 2 aromatic rings. The van der Waals surface area contributed by atoms with E-state index in [0.717, 1.165) is 18.7 Å². The second-order valence-electron chi connectivity index (χ2n) is 7.15. The standard InChI is InChI=1S/C22H26N2O5/c1-15(18-8-9-19(28-2)20(14-18)29-3)23-10-12-24(13-11-23)21(25)16-4-6-17(7-5-16)22(26)27/h4-9,14-15H,10-13H2,1-3H3,(H,26,27)/t15-/m1/s1. The van der Waals surface area contributed by atoms with Crippen LogP contribution < -0.4 is 19.5 Å². The van der Waals surface area contributed by atoms with Crippen molar-refractivity contribution in [1.82, 2.24) is 4.90 Å². The number of rotatable bonds is 6. The van der Waals surface area contributed by atoms with E-state index in [0.29, 0.717) is 30.2 Å². The van der Waals surface area contributed by atoms with Gasteiger partial charge in [-0.25, -0.2) is 0 Å². The number of carboxylic acid groups (broad SMARTS) is 1. The van der Waals surface area contributed by atoms with E-state index in [1.165, 1.54) is 17.0 Å². The van der Waals surface area contributed by atoms with Gasteiger partial charge in [0.25, 0.3) is 5.91 Å². The van der Waals surface area contributed by atoms with Crippen LogP contribution in [0.2, 0.25) is 0 Å². The maximum Gasteiger partial charge on any atom is 0.254 e. The second-order valence-corrected chi connectivity index (χ2v) is 7.15. The van der Waals surface area contributed by atoms with Crippen molar-refractivity contribution in [3.8, 4) is 11.5 Å². The van der Waals surface area contributed by atoms with Crippen LogP contribution in [0, 0.1) is 0 Å². The Balaban J connectivity index is 1.62. The summed E-state index contributed by atoms with van der Waals surface area (Å²) < 4.78 is 10.7. The number of ether oxygens (including phenoxy) is 2. The number of hydrogen-bond acceptors (Lipinski definition) is 5. The lowest BCUT2D eigenvalue weighted by atomic mass is 10.0. The van der Waals surface area contributed by atoms with Gasteiger partial charge in [-0.05, 0) is 42.8 Å². The van der Waals surface area contributed by atoms with Gasteiger partial charge < -0.3 is 29.2 Å². The Morgan fingerprint density at radius 2 is 1.55 bits per heavy atom. The quantitative estimate of drug-likeness (QED) is 0.750. The number of amides is 1.